The second-order valence-corrected chi connectivity index (χ2v) is 17.1. The lowest BCUT2D eigenvalue weighted by Crippen LogP contribution is -2.81. The second kappa shape index (κ2) is 16.6. The van der Waals surface area contributed by atoms with Gasteiger partial charge in [-0.2, -0.15) is 0 Å². The summed E-state index contributed by atoms with van der Waals surface area (Å²) in [6.07, 6.45) is -9.54. The number of hydrogen-bond donors (Lipinski definition) is 4. The fourth-order valence-electron chi connectivity index (χ4n) is 10.0. The van der Waals surface area contributed by atoms with E-state index in [1.807, 2.05) is 30.3 Å². The van der Waals surface area contributed by atoms with E-state index in [0.717, 1.165) is 5.56 Å². The predicted octanol–water partition coefficient (Wildman–Crippen LogP) is 3.89. The number of aliphatic hydroxyl groups is 3. The average Bonchev–Trinajstić information content (AvgIpc) is 3.22. The Morgan fingerprint density at radius 1 is 0.917 bits per heavy atom. The third-order valence-electron chi connectivity index (χ3n) is 13.4. The summed E-state index contributed by atoms with van der Waals surface area (Å²) >= 11 is 0. The maximum Gasteiger partial charge on any atom is 0.338 e. The topological polar surface area (TPSA) is 210 Å². The van der Waals surface area contributed by atoms with Crippen molar-refractivity contribution in [3.8, 4) is 0 Å². The molecule has 11 atom stereocenters. The minimum Gasteiger partial charge on any atom is -0.456 e. The van der Waals surface area contributed by atoms with E-state index in [2.05, 4.69) is 0 Å². The standard InChI is InChI=1S/C46H53NO13/c1-26-31(58-42(53)37(35(47)29-17-11-7-12-18-29)57-25-55-23-28-15-9-6-10-16-28)22-46(54)40(59-41(52)30-19-13-8-14-20-30)38-44(5,39(51)36(50)34(26)43(46,3)4)32(49)21-33-45(38,24-56-33)60-27(2)48/h6-20,31-33,35-38,40,49-50,54H,21-25,47H2,1-5H3/t31-,32-,33+,35-,36+,37+,38-,40-,44+,45-,46+/m0/s1. The molecule has 1 aliphatic heterocycles. The van der Waals surface area contributed by atoms with Gasteiger partial charge in [-0.3, -0.25) is 9.59 Å². The van der Waals surface area contributed by atoms with Crippen molar-refractivity contribution in [3.05, 3.63) is 119 Å². The van der Waals surface area contributed by atoms with E-state index in [9.17, 15) is 29.7 Å². The van der Waals surface area contributed by atoms with Crippen LogP contribution in [0.15, 0.2) is 102 Å². The number of carbonyl (C=O) groups excluding carboxylic acids is 4. The van der Waals surface area contributed by atoms with Crippen LogP contribution in [0.5, 0.6) is 0 Å². The summed E-state index contributed by atoms with van der Waals surface area (Å²) in [5, 5.41) is 37.7. The first-order valence-corrected chi connectivity index (χ1v) is 20.1. The monoisotopic (exact) mass is 827 g/mol. The molecule has 7 rings (SSSR count). The quantitative estimate of drug-likeness (QED) is 0.0672. The molecule has 0 spiro atoms. The average molecular weight is 828 g/mol. The molecule has 0 amide bonds. The molecule has 5 N–H and O–H groups in total. The van der Waals surface area contributed by atoms with Gasteiger partial charge < -0.3 is 49.5 Å². The van der Waals surface area contributed by atoms with Crippen molar-refractivity contribution in [2.24, 2.45) is 22.5 Å². The van der Waals surface area contributed by atoms with E-state index in [-0.39, 0.29) is 43.1 Å². The number of rotatable bonds is 12. The molecule has 3 aliphatic carbocycles. The summed E-state index contributed by atoms with van der Waals surface area (Å²) < 4.78 is 36.3. The van der Waals surface area contributed by atoms with Gasteiger partial charge >= 0.3 is 17.9 Å². The number of esters is 3. The van der Waals surface area contributed by atoms with Crippen LogP contribution in [-0.4, -0.2) is 100 Å². The van der Waals surface area contributed by atoms with Crippen molar-refractivity contribution >= 4 is 23.7 Å². The smallest absolute Gasteiger partial charge is 0.338 e. The molecule has 14 nitrogen and oxygen atoms in total. The number of carbonyl (C=O) groups is 4. The highest BCUT2D eigenvalue weighted by molar-refractivity contribution is 5.94. The maximum atomic E-state index is 15.0. The predicted molar refractivity (Wildman–Crippen MR) is 213 cm³/mol. The summed E-state index contributed by atoms with van der Waals surface area (Å²) in [6.45, 7) is 6.97. The number of benzene rings is 3. The van der Waals surface area contributed by atoms with E-state index in [0.29, 0.717) is 5.56 Å². The highest BCUT2D eigenvalue weighted by atomic mass is 16.7. The van der Waals surface area contributed by atoms with Crippen LogP contribution in [0.1, 0.15) is 75.0 Å². The molecule has 2 bridgehead atoms. The molecule has 1 saturated heterocycles. The summed E-state index contributed by atoms with van der Waals surface area (Å²) in [5.41, 5.74) is 0.958. The van der Waals surface area contributed by atoms with Gasteiger partial charge in [-0.15, -0.1) is 0 Å². The minimum absolute atomic E-state index is 0.0104. The number of ether oxygens (including phenoxy) is 6. The lowest BCUT2D eigenvalue weighted by atomic mass is 9.44. The van der Waals surface area contributed by atoms with Crippen molar-refractivity contribution in [2.75, 3.05) is 13.4 Å². The van der Waals surface area contributed by atoms with Crippen LogP contribution in [0.4, 0.5) is 0 Å². The number of fused-ring (bicyclic) bond motifs is 5. The van der Waals surface area contributed by atoms with Crippen LogP contribution in [0, 0.1) is 16.7 Å². The summed E-state index contributed by atoms with van der Waals surface area (Å²) in [4.78, 5) is 56.6. The van der Waals surface area contributed by atoms with E-state index in [1.54, 1.807) is 69.3 Å². The molecule has 1 heterocycles. The fourth-order valence-corrected chi connectivity index (χ4v) is 10.0. The zero-order valence-electron chi connectivity index (χ0n) is 34.3. The van der Waals surface area contributed by atoms with Crippen molar-refractivity contribution in [1.29, 1.82) is 0 Å². The molecule has 3 fully saturated rings. The Labute approximate surface area is 348 Å². The van der Waals surface area contributed by atoms with Crippen LogP contribution in [0.2, 0.25) is 0 Å². The molecule has 60 heavy (non-hydrogen) atoms. The fraction of sp³-hybridized carbons (Fsp3) is 0.478. The molecule has 0 radical (unpaired) electrons. The summed E-state index contributed by atoms with van der Waals surface area (Å²) in [7, 11) is 0. The van der Waals surface area contributed by atoms with E-state index in [1.165, 1.54) is 26.0 Å². The van der Waals surface area contributed by atoms with Crippen LogP contribution >= 0.6 is 0 Å². The lowest BCUT2D eigenvalue weighted by molar-refractivity contribution is -0.346. The molecule has 3 aromatic carbocycles. The molecular formula is C46H53NO13. The van der Waals surface area contributed by atoms with Gasteiger partial charge in [0.1, 0.15) is 36.8 Å². The van der Waals surface area contributed by atoms with Crippen LogP contribution in [0.3, 0.4) is 0 Å². The first-order chi connectivity index (χ1) is 28.5. The maximum absolute atomic E-state index is 15.0. The molecule has 4 aliphatic rings. The molecule has 3 aromatic rings. The van der Waals surface area contributed by atoms with Crippen LogP contribution < -0.4 is 5.73 Å². The third kappa shape index (κ3) is 7.27. The Balaban J connectivity index is 1.32. The van der Waals surface area contributed by atoms with Crippen molar-refractivity contribution in [1.82, 2.24) is 0 Å². The SMILES string of the molecule is CC(=O)O[C@@]12CO[C@@H]1C[C@H](O)[C@@]1(C)C(=O)[C@H](O)C3=C(C)[C@@H](OC(=O)[C@H](OCOCc4ccccc4)[C@@H](N)c4ccccc4)C[C@@](O)([C@@H](OC(=O)c4ccccc4)[C@H]21)C3(C)C. The highest BCUT2D eigenvalue weighted by Gasteiger charge is 2.78. The lowest BCUT2D eigenvalue weighted by Gasteiger charge is -2.67. The van der Waals surface area contributed by atoms with Gasteiger partial charge in [0.25, 0.3) is 0 Å². The Bertz CT molecular complexity index is 2110. The molecule has 0 aromatic heterocycles. The van der Waals surface area contributed by atoms with Gasteiger partial charge in [0.15, 0.2) is 17.5 Å². The van der Waals surface area contributed by atoms with Gasteiger partial charge in [-0.05, 0) is 48.3 Å². The minimum atomic E-state index is -2.29. The second-order valence-electron chi connectivity index (χ2n) is 17.1. The number of Topliss-reactive ketones (excluding diaryl/α,β-unsaturated/α-hetero) is 1. The number of hydrogen-bond acceptors (Lipinski definition) is 14. The van der Waals surface area contributed by atoms with Crippen molar-refractivity contribution < 1.29 is 62.9 Å². The molecular weight excluding hydrogens is 774 g/mol. The zero-order chi connectivity index (χ0) is 43.2. The first-order valence-electron chi connectivity index (χ1n) is 20.1. The van der Waals surface area contributed by atoms with Gasteiger partial charge in [0.2, 0.25) is 0 Å². The van der Waals surface area contributed by atoms with E-state index >= 15 is 4.79 Å². The van der Waals surface area contributed by atoms with Crippen LogP contribution in [0.25, 0.3) is 0 Å². The third-order valence-corrected chi connectivity index (χ3v) is 13.4. The van der Waals surface area contributed by atoms with Gasteiger partial charge in [-0.1, -0.05) is 92.7 Å². The molecule has 320 valence electrons. The molecule has 0 unspecified atom stereocenters. The van der Waals surface area contributed by atoms with Gasteiger partial charge in [-0.25, -0.2) is 9.59 Å². The van der Waals surface area contributed by atoms with Crippen LogP contribution in [-0.2, 0) is 49.4 Å². The normalized spacial score (nSPS) is 32.8. The number of aliphatic hydroxyl groups excluding tert-OH is 2. The first kappa shape index (κ1) is 43.3. The van der Waals surface area contributed by atoms with Gasteiger partial charge in [0.05, 0.1) is 42.3 Å². The Hall–Kier alpha value is -4.80. The number of ketones is 1. The van der Waals surface area contributed by atoms with E-state index < -0.39 is 101 Å². The summed E-state index contributed by atoms with van der Waals surface area (Å²) in [6, 6.07) is 25.1. The summed E-state index contributed by atoms with van der Waals surface area (Å²) in [5.74, 6) is -4.89. The van der Waals surface area contributed by atoms with E-state index in [4.69, 9.17) is 34.2 Å². The zero-order valence-corrected chi connectivity index (χ0v) is 34.3. The van der Waals surface area contributed by atoms with Crippen molar-refractivity contribution in [2.45, 2.75) is 108 Å². The molecule has 14 heteroatoms. The Morgan fingerprint density at radius 3 is 2.13 bits per heavy atom. The highest BCUT2D eigenvalue weighted by Crippen LogP contribution is 2.64. The Kier molecular flexibility index (Phi) is 12.0. The van der Waals surface area contributed by atoms with Gasteiger partial charge in [0, 0.05) is 25.2 Å². The molecule has 2 saturated carbocycles. The largest absolute Gasteiger partial charge is 0.456 e. The number of nitrogens with two attached hydrogens (primary N) is 1. The Morgan fingerprint density at radius 2 is 1.53 bits per heavy atom. The van der Waals surface area contributed by atoms with Crippen molar-refractivity contribution in [3.63, 3.8) is 0 Å².